The molecule has 2 saturated carbocycles. The molecule has 2 aliphatic carbocycles. The Balaban J connectivity index is 1.35. The number of carbonyl (C=O) groups excluding carboxylic acids is 2. The van der Waals surface area contributed by atoms with E-state index in [0.29, 0.717) is 0 Å². The van der Waals surface area contributed by atoms with Gasteiger partial charge in [0.2, 0.25) is 5.43 Å². The highest BCUT2D eigenvalue weighted by molar-refractivity contribution is 5.99. The molecule has 5 rings (SSSR count). The number of nitrogens with one attached hydrogen (secondary N) is 2. The number of hydrogen-bond donors (Lipinski definition) is 2. The van der Waals surface area contributed by atoms with Gasteiger partial charge in [0, 0.05) is 48.8 Å². The summed E-state index contributed by atoms with van der Waals surface area (Å²) in [4.78, 5) is 39.1. The van der Waals surface area contributed by atoms with Crippen molar-refractivity contribution < 1.29 is 14.3 Å². The fourth-order valence-corrected chi connectivity index (χ4v) is 4.63. The van der Waals surface area contributed by atoms with Crippen molar-refractivity contribution in [3.8, 4) is 11.4 Å². The number of carbonyl (C=O) groups is 2. The Morgan fingerprint density at radius 1 is 1.03 bits per heavy atom. The van der Waals surface area contributed by atoms with E-state index >= 15 is 0 Å². The zero-order valence-electron chi connectivity index (χ0n) is 20.4. The molecule has 2 aliphatic rings. The number of nitrogens with zero attached hydrogens (tertiary/aromatic N) is 3. The maximum absolute atomic E-state index is 13.2. The highest BCUT2D eigenvalue weighted by Gasteiger charge is 2.27. The second kappa shape index (κ2) is 10.4. The van der Waals surface area contributed by atoms with Crippen molar-refractivity contribution in [2.45, 2.75) is 63.6 Å². The molecule has 188 valence electrons. The molecule has 3 aromatic rings. The first-order valence-electron chi connectivity index (χ1n) is 12.5. The molecule has 2 N–H and O–H groups in total. The average molecular weight is 490 g/mol. The van der Waals surface area contributed by atoms with Crippen LogP contribution in [0.25, 0.3) is 5.69 Å². The molecule has 2 amide bonds. The molecular weight excluding hydrogens is 458 g/mol. The van der Waals surface area contributed by atoms with E-state index in [-0.39, 0.29) is 29.8 Å². The normalized spacial score (nSPS) is 15.9. The number of aromatic nitrogens is 3. The molecule has 0 unspecified atom stereocenters. The van der Waals surface area contributed by atoms with E-state index in [1.807, 2.05) is 35.0 Å². The van der Waals surface area contributed by atoms with E-state index in [1.165, 1.54) is 6.42 Å². The molecular formula is C27H31N5O4. The smallest absolute Gasteiger partial charge is 0.257 e. The highest BCUT2D eigenvalue weighted by atomic mass is 16.5. The minimum Gasteiger partial charge on any atom is -0.497 e. The molecule has 9 heteroatoms. The molecule has 0 radical (unpaired) electrons. The summed E-state index contributed by atoms with van der Waals surface area (Å²) in [6.45, 7) is 0.199. The van der Waals surface area contributed by atoms with Gasteiger partial charge in [-0.15, -0.1) is 0 Å². The summed E-state index contributed by atoms with van der Waals surface area (Å²) in [6, 6.07) is 7.80. The summed E-state index contributed by atoms with van der Waals surface area (Å²) in [5, 5.41) is 10.1. The van der Waals surface area contributed by atoms with Gasteiger partial charge in [0.1, 0.15) is 16.9 Å². The van der Waals surface area contributed by atoms with Crippen LogP contribution in [0, 0.1) is 0 Å². The van der Waals surface area contributed by atoms with Gasteiger partial charge in [-0.05, 0) is 37.8 Å². The molecule has 1 aromatic carbocycles. The van der Waals surface area contributed by atoms with Gasteiger partial charge >= 0.3 is 0 Å². The first kappa shape index (κ1) is 23.8. The van der Waals surface area contributed by atoms with Gasteiger partial charge in [0.15, 0.2) is 0 Å². The van der Waals surface area contributed by atoms with Crippen LogP contribution in [0.4, 0.5) is 0 Å². The van der Waals surface area contributed by atoms with Crippen LogP contribution in [0.1, 0.15) is 77.3 Å². The van der Waals surface area contributed by atoms with Crippen molar-refractivity contribution in [2.24, 2.45) is 0 Å². The van der Waals surface area contributed by atoms with Crippen molar-refractivity contribution in [3.05, 3.63) is 76.0 Å². The number of pyridine rings is 1. The number of rotatable bonds is 8. The van der Waals surface area contributed by atoms with Crippen LogP contribution in [0.15, 0.2) is 53.8 Å². The largest absolute Gasteiger partial charge is 0.497 e. The van der Waals surface area contributed by atoms with Gasteiger partial charge < -0.3 is 19.9 Å². The van der Waals surface area contributed by atoms with Gasteiger partial charge in [0.05, 0.1) is 19.0 Å². The van der Waals surface area contributed by atoms with Crippen LogP contribution in [0.3, 0.4) is 0 Å². The van der Waals surface area contributed by atoms with Crippen LogP contribution >= 0.6 is 0 Å². The van der Waals surface area contributed by atoms with E-state index in [4.69, 9.17) is 4.74 Å². The third-order valence-electron chi connectivity index (χ3n) is 6.85. The Morgan fingerprint density at radius 2 is 1.78 bits per heavy atom. The minimum atomic E-state index is -0.537. The van der Waals surface area contributed by atoms with Gasteiger partial charge in [-0.2, -0.15) is 5.10 Å². The highest BCUT2D eigenvalue weighted by Crippen LogP contribution is 2.28. The van der Waals surface area contributed by atoms with Gasteiger partial charge in [-0.3, -0.25) is 14.4 Å². The molecule has 0 bridgehead atoms. The Kier molecular flexibility index (Phi) is 6.88. The molecule has 2 fully saturated rings. The lowest BCUT2D eigenvalue weighted by atomic mass is 9.95. The maximum atomic E-state index is 13.2. The number of ether oxygens (including phenoxy) is 1. The molecule has 36 heavy (non-hydrogen) atoms. The first-order valence-corrected chi connectivity index (χ1v) is 12.5. The Labute approximate surface area is 209 Å². The first-order chi connectivity index (χ1) is 17.5. The SMILES string of the molecule is COc1cccc(-n2cc(CNC(=O)c3cn(C4CCCCC4)cc(C(=O)NC4CC4)c3=O)cn2)c1. The zero-order chi connectivity index (χ0) is 25.1. The quantitative estimate of drug-likeness (QED) is 0.505. The van der Waals surface area contributed by atoms with E-state index < -0.39 is 17.2 Å². The summed E-state index contributed by atoms with van der Waals surface area (Å²) in [5.74, 6) is -0.182. The third-order valence-corrected chi connectivity index (χ3v) is 6.85. The second-order valence-electron chi connectivity index (χ2n) is 9.58. The predicted molar refractivity (Wildman–Crippen MR) is 135 cm³/mol. The zero-order valence-corrected chi connectivity index (χ0v) is 20.4. The molecule has 0 spiro atoms. The summed E-state index contributed by atoms with van der Waals surface area (Å²) < 4.78 is 8.87. The monoisotopic (exact) mass is 489 g/mol. The molecule has 0 atom stereocenters. The summed E-state index contributed by atoms with van der Waals surface area (Å²) >= 11 is 0. The van der Waals surface area contributed by atoms with E-state index in [2.05, 4.69) is 15.7 Å². The standard InChI is InChI=1S/C27H31N5O4/c1-36-22-9-5-8-21(12-22)32-15-18(14-29-32)13-28-26(34)23-16-31(20-6-3-2-4-7-20)17-24(25(23)33)27(35)30-19-10-11-19/h5,8-9,12,14-17,19-20H,2-4,6-7,10-11,13H2,1H3,(H,28,34)(H,30,35). The van der Waals surface area contributed by atoms with Crippen molar-refractivity contribution in [1.29, 1.82) is 0 Å². The third kappa shape index (κ3) is 5.35. The molecule has 0 saturated heterocycles. The predicted octanol–water partition coefficient (Wildman–Crippen LogP) is 3.37. The van der Waals surface area contributed by atoms with E-state index in [0.717, 1.165) is 55.5 Å². The van der Waals surface area contributed by atoms with Gasteiger partial charge in [0.25, 0.3) is 11.8 Å². The number of benzene rings is 1. The summed E-state index contributed by atoms with van der Waals surface area (Å²) in [5.41, 5.74) is 1.10. The second-order valence-corrected chi connectivity index (χ2v) is 9.58. The fraction of sp³-hybridized carbons (Fsp3) is 0.407. The number of methoxy groups -OCH3 is 1. The molecule has 2 aromatic heterocycles. The minimum absolute atomic E-state index is 0.00999. The van der Waals surface area contributed by atoms with Crippen LogP contribution < -0.4 is 20.8 Å². The van der Waals surface area contributed by atoms with Crippen LogP contribution in [0.2, 0.25) is 0 Å². The van der Waals surface area contributed by atoms with Gasteiger partial charge in [-0.1, -0.05) is 25.3 Å². The van der Waals surface area contributed by atoms with Crippen molar-refractivity contribution >= 4 is 11.8 Å². The fourth-order valence-electron chi connectivity index (χ4n) is 4.63. The Hall–Kier alpha value is -3.88. The van der Waals surface area contributed by atoms with Crippen LogP contribution in [-0.2, 0) is 6.54 Å². The summed E-state index contributed by atoms with van der Waals surface area (Å²) in [6.07, 6.45) is 13.9. The topological polar surface area (TPSA) is 107 Å². The Morgan fingerprint density at radius 3 is 2.50 bits per heavy atom. The molecule has 0 aliphatic heterocycles. The van der Waals surface area contributed by atoms with Crippen LogP contribution in [-0.4, -0.2) is 39.3 Å². The van der Waals surface area contributed by atoms with Crippen molar-refractivity contribution in [3.63, 3.8) is 0 Å². The van der Waals surface area contributed by atoms with Crippen molar-refractivity contribution in [2.75, 3.05) is 7.11 Å². The van der Waals surface area contributed by atoms with E-state index in [9.17, 15) is 14.4 Å². The lowest BCUT2D eigenvalue weighted by Crippen LogP contribution is -2.36. The number of hydrogen-bond acceptors (Lipinski definition) is 5. The molecule has 9 nitrogen and oxygen atoms in total. The number of amides is 2. The van der Waals surface area contributed by atoms with Crippen LogP contribution in [0.5, 0.6) is 5.75 Å². The molecule has 2 heterocycles. The average Bonchev–Trinajstić information content (AvgIpc) is 3.60. The lowest BCUT2D eigenvalue weighted by molar-refractivity contribution is 0.0947. The lowest BCUT2D eigenvalue weighted by Gasteiger charge is -2.25. The van der Waals surface area contributed by atoms with Crippen molar-refractivity contribution in [1.82, 2.24) is 25.0 Å². The Bertz CT molecular complexity index is 1320. The summed E-state index contributed by atoms with van der Waals surface area (Å²) in [7, 11) is 1.61. The maximum Gasteiger partial charge on any atom is 0.257 e. The van der Waals surface area contributed by atoms with Gasteiger partial charge in [-0.25, -0.2) is 4.68 Å². The van der Waals surface area contributed by atoms with E-state index in [1.54, 1.807) is 30.4 Å².